The van der Waals surface area contributed by atoms with Crippen LogP contribution in [0.2, 0.25) is 0 Å². The summed E-state index contributed by atoms with van der Waals surface area (Å²) in [6, 6.07) is 32.0. The first-order valence-corrected chi connectivity index (χ1v) is 21.8. The molecular formula is C42H45N7O6S2. The van der Waals surface area contributed by atoms with Crippen LogP contribution in [0.25, 0.3) is 21.9 Å². The van der Waals surface area contributed by atoms with Gasteiger partial charge in [0.1, 0.15) is 5.58 Å². The SMILES string of the molecule is CC(NS(=O)(=O)NC(=O)c1cc2cc(N3CCN(CCCCc4cn(S(=O)(=O)NC(C)c5ccccc5)c5ccc(C#N)cc45)CC3)ccc2o1)c1ccccc1. The highest BCUT2D eigenvalue weighted by molar-refractivity contribution is 7.88. The van der Waals surface area contributed by atoms with Crippen molar-refractivity contribution in [3.63, 3.8) is 0 Å². The molecule has 2 aromatic heterocycles. The number of nitriles is 1. The monoisotopic (exact) mass is 807 g/mol. The van der Waals surface area contributed by atoms with E-state index in [1.54, 1.807) is 55.6 Å². The molecule has 296 valence electrons. The summed E-state index contributed by atoms with van der Waals surface area (Å²) in [5.41, 5.74) is 4.99. The standard InChI is InChI=1S/C42H45N7O6S2/c1-30(33-11-5-3-6-12-33)44-56(51,52)46-42(50)41-27-36-26-37(17-19-40(36)55-41)48-23-21-47(22-24-48)20-10-9-15-35-29-49(39-18-16-32(28-43)25-38(35)39)57(53,54)45-31(2)34-13-7-4-8-14-34/h3-8,11-14,16-19,25-27,29-31,44-45H,9-10,15,20-24H2,1-2H3,(H,46,50). The second-order valence-corrected chi connectivity index (χ2v) is 17.4. The van der Waals surface area contributed by atoms with Crippen molar-refractivity contribution >= 4 is 53.9 Å². The van der Waals surface area contributed by atoms with Crippen molar-refractivity contribution in [3.05, 3.63) is 137 Å². The first-order chi connectivity index (χ1) is 27.4. The van der Waals surface area contributed by atoms with Crippen LogP contribution in [0.1, 0.15) is 71.6 Å². The molecule has 1 aliphatic heterocycles. The Morgan fingerprint density at radius 3 is 2.14 bits per heavy atom. The zero-order valence-corrected chi connectivity index (χ0v) is 33.4. The number of hydrogen-bond acceptors (Lipinski definition) is 9. The fraction of sp³-hybridized carbons (Fsp3) is 0.286. The number of benzene rings is 4. The maximum absolute atomic E-state index is 13.6. The van der Waals surface area contributed by atoms with Gasteiger partial charge in [-0.05, 0) is 98.8 Å². The summed E-state index contributed by atoms with van der Waals surface area (Å²) in [5, 5.41) is 11.0. The summed E-state index contributed by atoms with van der Waals surface area (Å²) in [6.45, 7) is 7.73. The highest BCUT2D eigenvalue weighted by Crippen LogP contribution is 2.28. The predicted octanol–water partition coefficient (Wildman–Crippen LogP) is 6.17. The summed E-state index contributed by atoms with van der Waals surface area (Å²) in [5.74, 6) is -0.960. The maximum atomic E-state index is 13.6. The van der Waals surface area contributed by atoms with Crippen LogP contribution in [0.5, 0.6) is 0 Å². The molecule has 2 atom stereocenters. The zero-order chi connectivity index (χ0) is 40.2. The molecule has 1 aliphatic rings. The Kier molecular flexibility index (Phi) is 11.8. The van der Waals surface area contributed by atoms with Gasteiger partial charge in [-0.3, -0.25) is 9.69 Å². The van der Waals surface area contributed by atoms with Gasteiger partial charge in [0.05, 0.1) is 17.1 Å². The number of aryl methyl sites for hydroxylation is 1. The first kappa shape index (κ1) is 39.7. The number of aromatic nitrogens is 1. The number of hydrogen-bond donors (Lipinski definition) is 3. The number of unbranched alkanes of at least 4 members (excludes halogenated alkanes) is 1. The molecule has 1 fully saturated rings. The number of anilines is 1. The molecule has 1 amide bonds. The molecule has 0 saturated carbocycles. The largest absolute Gasteiger partial charge is 0.451 e. The number of carbonyl (C=O) groups excluding carboxylic acids is 1. The highest BCUT2D eigenvalue weighted by Gasteiger charge is 2.24. The van der Waals surface area contributed by atoms with Crippen LogP contribution in [0, 0.1) is 11.3 Å². The van der Waals surface area contributed by atoms with Crippen LogP contribution in [0.15, 0.2) is 114 Å². The highest BCUT2D eigenvalue weighted by atomic mass is 32.2. The molecule has 0 aliphatic carbocycles. The quantitative estimate of drug-likeness (QED) is 0.103. The van der Waals surface area contributed by atoms with Gasteiger partial charge in [-0.25, -0.2) is 8.69 Å². The molecule has 6 aromatic rings. The van der Waals surface area contributed by atoms with Crippen LogP contribution in [-0.2, 0) is 26.8 Å². The number of fused-ring (bicyclic) bond motifs is 2. The summed E-state index contributed by atoms with van der Waals surface area (Å²) in [6.07, 6.45) is 4.12. The number of furan rings is 1. The van der Waals surface area contributed by atoms with Gasteiger partial charge in [-0.15, -0.1) is 0 Å². The van der Waals surface area contributed by atoms with E-state index in [0.29, 0.717) is 28.5 Å². The average molecular weight is 808 g/mol. The van der Waals surface area contributed by atoms with E-state index in [-0.39, 0.29) is 5.76 Å². The van der Waals surface area contributed by atoms with Gasteiger partial charge in [0.25, 0.3) is 0 Å². The van der Waals surface area contributed by atoms with E-state index < -0.39 is 38.4 Å². The Balaban J connectivity index is 0.918. The van der Waals surface area contributed by atoms with Crippen molar-refractivity contribution in [1.82, 2.24) is 23.0 Å². The Bertz CT molecular complexity index is 2630. The number of carbonyl (C=O) groups is 1. The molecular weight excluding hydrogens is 763 g/mol. The molecule has 3 heterocycles. The number of nitrogens with one attached hydrogen (secondary N) is 3. The molecule has 13 nitrogen and oxygen atoms in total. The van der Waals surface area contributed by atoms with Gasteiger partial charge in [0, 0.05) is 60.9 Å². The van der Waals surface area contributed by atoms with Crippen LogP contribution >= 0.6 is 0 Å². The topological polar surface area (TPSA) is 170 Å². The molecule has 1 saturated heterocycles. The lowest BCUT2D eigenvalue weighted by atomic mass is 10.1. The van der Waals surface area contributed by atoms with Gasteiger partial charge in [0.15, 0.2) is 5.76 Å². The fourth-order valence-corrected chi connectivity index (χ4v) is 9.67. The number of nitrogens with zero attached hydrogens (tertiary/aromatic N) is 4. The molecule has 2 unspecified atom stereocenters. The lowest BCUT2D eigenvalue weighted by Gasteiger charge is -2.36. The van der Waals surface area contributed by atoms with Crippen molar-refractivity contribution in [3.8, 4) is 6.07 Å². The minimum Gasteiger partial charge on any atom is -0.451 e. The molecule has 57 heavy (non-hydrogen) atoms. The van der Waals surface area contributed by atoms with Crippen molar-refractivity contribution in [1.29, 1.82) is 5.26 Å². The van der Waals surface area contributed by atoms with Crippen LogP contribution in [-0.4, -0.2) is 64.3 Å². The predicted molar refractivity (Wildman–Crippen MR) is 221 cm³/mol. The Morgan fingerprint density at radius 1 is 0.807 bits per heavy atom. The molecule has 0 radical (unpaired) electrons. The number of amides is 1. The molecule has 7 rings (SSSR count). The van der Waals surface area contributed by atoms with E-state index in [0.717, 1.165) is 73.3 Å². The normalized spacial score (nSPS) is 15.1. The van der Waals surface area contributed by atoms with Gasteiger partial charge in [-0.2, -0.15) is 31.5 Å². The Labute approximate surface area is 333 Å². The molecule has 0 spiro atoms. The van der Waals surface area contributed by atoms with E-state index in [1.807, 2.05) is 67.6 Å². The zero-order valence-electron chi connectivity index (χ0n) is 31.8. The molecule has 0 bridgehead atoms. The van der Waals surface area contributed by atoms with Gasteiger partial charge >= 0.3 is 26.3 Å². The summed E-state index contributed by atoms with van der Waals surface area (Å²) >= 11 is 0. The number of rotatable bonds is 15. The van der Waals surface area contributed by atoms with Gasteiger partial charge in [0.2, 0.25) is 0 Å². The molecule has 3 N–H and O–H groups in total. The lowest BCUT2D eigenvalue weighted by Crippen LogP contribution is -2.46. The van der Waals surface area contributed by atoms with E-state index in [9.17, 15) is 26.9 Å². The minimum absolute atomic E-state index is 0.101. The van der Waals surface area contributed by atoms with Crippen LogP contribution < -0.4 is 19.1 Å². The van der Waals surface area contributed by atoms with Crippen molar-refractivity contribution in [2.24, 2.45) is 0 Å². The Hall–Kier alpha value is -5.50. The second kappa shape index (κ2) is 16.9. The smallest absolute Gasteiger partial charge is 0.305 e. The van der Waals surface area contributed by atoms with Crippen molar-refractivity contribution < 1.29 is 26.0 Å². The third-order valence-electron chi connectivity index (χ3n) is 10.4. The molecule has 15 heteroatoms. The lowest BCUT2D eigenvalue weighted by molar-refractivity contribution is 0.0956. The first-order valence-electron chi connectivity index (χ1n) is 18.9. The fourth-order valence-electron chi connectivity index (χ4n) is 7.29. The maximum Gasteiger partial charge on any atom is 0.305 e. The summed E-state index contributed by atoms with van der Waals surface area (Å²) in [4.78, 5) is 17.6. The van der Waals surface area contributed by atoms with E-state index >= 15 is 0 Å². The van der Waals surface area contributed by atoms with Crippen LogP contribution in [0.4, 0.5) is 5.69 Å². The van der Waals surface area contributed by atoms with Gasteiger partial charge < -0.3 is 9.32 Å². The van der Waals surface area contributed by atoms with Crippen LogP contribution in [0.3, 0.4) is 0 Å². The molecule has 4 aromatic carbocycles. The third-order valence-corrected chi connectivity index (χ3v) is 12.9. The minimum atomic E-state index is -4.15. The summed E-state index contributed by atoms with van der Waals surface area (Å²) < 4.78 is 66.9. The van der Waals surface area contributed by atoms with Gasteiger partial charge in [-0.1, -0.05) is 60.7 Å². The summed E-state index contributed by atoms with van der Waals surface area (Å²) in [7, 11) is -8.07. The second-order valence-electron chi connectivity index (χ2n) is 14.4. The average Bonchev–Trinajstić information content (AvgIpc) is 3.82. The van der Waals surface area contributed by atoms with E-state index in [1.165, 1.54) is 3.97 Å². The Morgan fingerprint density at radius 2 is 1.47 bits per heavy atom. The van der Waals surface area contributed by atoms with E-state index in [4.69, 9.17) is 4.42 Å². The van der Waals surface area contributed by atoms with Crippen molar-refractivity contribution in [2.45, 2.75) is 45.2 Å². The van der Waals surface area contributed by atoms with Crippen molar-refractivity contribution in [2.75, 3.05) is 37.6 Å². The number of piperazine rings is 1. The van der Waals surface area contributed by atoms with E-state index in [2.05, 4.69) is 30.0 Å². The third kappa shape index (κ3) is 9.39.